The summed E-state index contributed by atoms with van der Waals surface area (Å²) in [6.07, 6.45) is -0.944. The summed E-state index contributed by atoms with van der Waals surface area (Å²) >= 11 is 11.9. The fraction of sp³-hybridized carbons (Fsp3) is 0.875. The topological polar surface area (TPSA) is 57.5 Å². The van der Waals surface area contributed by atoms with Crippen molar-refractivity contribution in [3.8, 4) is 0 Å². The summed E-state index contributed by atoms with van der Waals surface area (Å²) in [5.74, 6) is -1.76. The third-order valence-corrected chi connectivity index (χ3v) is 4.01. The van der Waals surface area contributed by atoms with Crippen LogP contribution in [0.25, 0.3) is 0 Å². The van der Waals surface area contributed by atoms with Gasteiger partial charge in [-0.3, -0.25) is 4.79 Å². The molecule has 14 heavy (non-hydrogen) atoms. The Morgan fingerprint density at radius 2 is 2.00 bits per heavy atom. The zero-order valence-corrected chi connectivity index (χ0v) is 11.6. The quantitative estimate of drug-likeness (QED) is 0.769. The molecule has 6 heteroatoms. The lowest BCUT2D eigenvalue weighted by molar-refractivity contribution is -0.139. The number of rotatable bonds is 3. The Morgan fingerprint density at radius 3 is 2.21 bits per heavy atom. The summed E-state index contributed by atoms with van der Waals surface area (Å²) in [6.45, 7) is 3.62. The molecule has 3 atom stereocenters. The first kappa shape index (κ1) is 12.7. The molecule has 0 radical (unpaired) electrons. The maximum absolute atomic E-state index is 10.8. The van der Waals surface area contributed by atoms with Crippen molar-refractivity contribution in [1.82, 2.24) is 0 Å². The van der Waals surface area contributed by atoms with Crippen LogP contribution in [0, 0.1) is 17.3 Å². The minimum Gasteiger partial charge on any atom is -0.481 e. The number of carboxylic acid groups (broad SMARTS) is 1. The Bertz CT molecular complexity index is 262. The Balaban J connectivity index is 2.79. The van der Waals surface area contributed by atoms with E-state index >= 15 is 0 Å². The number of alkyl halides is 3. The number of aliphatic hydroxyl groups is 1. The summed E-state index contributed by atoms with van der Waals surface area (Å²) in [6, 6.07) is 0. The largest absolute Gasteiger partial charge is 0.481 e. The molecule has 1 saturated carbocycles. The van der Waals surface area contributed by atoms with Crippen molar-refractivity contribution in [2.45, 2.75) is 22.6 Å². The maximum atomic E-state index is 10.8. The highest BCUT2D eigenvalue weighted by Gasteiger charge is 2.67. The van der Waals surface area contributed by atoms with Crippen LogP contribution in [0.2, 0.25) is 0 Å². The molecule has 1 aliphatic carbocycles. The molecule has 0 aromatic rings. The molecule has 0 heterocycles. The molecular weight excluding hydrogens is 339 g/mol. The number of carbonyl (C=O) groups is 1. The van der Waals surface area contributed by atoms with Crippen LogP contribution in [0.15, 0.2) is 0 Å². The third-order valence-electron chi connectivity index (χ3n) is 2.85. The van der Waals surface area contributed by atoms with E-state index in [1.165, 1.54) is 0 Å². The highest BCUT2D eigenvalue weighted by Crippen LogP contribution is 2.63. The molecule has 0 spiro atoms. The van der Waals surface area contributed by atoms with Gasteiger partial charge in [-0.15, -0.1) is 0 Å². The highest BCUT2D eigenvalue weighted by atomic mass is 79.9. The first-order valence-electron chi connectivity index (χ1n) is 4.07. The van der Waals surface area contributed by atoms with Crippen molar-refractivity contribution in [2.24, 2.45) is 17.3 Å². The van der Waals surface area contributed by atoms with E-state index in [1.54, 1.807) is 0 Å². The molecular formula is C8H11Br2ClO3. The second kappa shape index (κ2) is 3.61. The second-order valence-corrected chi connectivity index (χ2v) is 9.22. The molecule has 82 valence electrons. The number of aliphatic hydroxyl groups excluding tert-OH is 1. The highest BCUT2D eigenvalue weighted by molar-refractivity contribution is 9.26. The Morgan fingerprint density at radius 1 is 1.57 bits per heavy atom. The van der Waals surface area contributed by atoms with Gasteiger partial charge >= 0.3 is 5.97 Å². The van der Waals surface area contributed by atoms with Crippen LogP contribution in [-0.2, 0) is 4.79 Å². The Labute approximate surface area is 104 Å². The van der Waals surface area contributed by atoms with E-state index in [4.69, 9.17) is 16.7 Å². The predicted octanol–water partition coefficient (Wildman–Crippen LogP) is 2.39. The molecule has 2 N–H and O–H groups in total. The van der Waals surface area contributed by atoms with Crippen molar-refractivity contribution in [3.63, 3.8) is 0 Å². The number of aliphatic carboxylic acids is 1. The summed E-state index contributed by atoms with van der Waals surface area (Å²) in [5.41, 5.74) is -0.410. The normalized spacial score (nSPS) is 32.4. The van der Waals surface area contributed by atoms with Crippen LogP contribution in [0.1, 0.15) is 13.8 Å². The van der Waals surface area contributed by atoms with Crippen molar-refractivity contribution in [2.75, 3.05) is 0 Å². The number of hydrogen-bond donors (Lipinski definition) is 2. The molecule has 1 fully saturated rings. The van der Waals surface area contributed by atoms with Gasteiger partial charge in [0.1, 0.15) is 0 Å². The van der Waals surface area contributed by atoms with Crippen LogP contribution in [0.3, 0.4) is 0 Å². The monoisotopic (exact) mass is 348 g/mol. The first-order chi connectivity index (χ1) is 6.10. The first-order valence-corrected chi connectivity index (χ1v) is 6.04. The van der Waals surface area contributed by atoms with Gasteiger partial charge in [-0.2, -0.15) is 0 Å². The minimum atomic E-state index is -1.15. The lowest BCUT2D eigenvalue weighted by Gasteiger charge is -2.20. The van der Waals surface area contributed by atoms with E-state index in [9.17, 15) is 9.90 Å². The lowest BCUT2D eigenvalue weighted by Crippen LogP contribution is -2.28. The zero-order chi connectivity index (χ0) is 11.3. The minimum absolute atomic E-state index is 0.337. The maximum Gasteiger partial charge on any atom is 0.307 e. The second-order valence-electron chi connectivity index (χ2n) is 4.15. The molecule has 1 aliphatic rings. The molecule has 3 unspecified atom stereocenters. The average Bonchev–Trinajstić information content (AvgIpc) is 2.49. The fourth-order valence-electron chi connectivity index (χ4n) is 1.94. The van der Waals surface area contributed by atoms with Crippen molar-refractivity contribution < 1.29 is 15.0 Å². The van der Waals surface area contributed by atoms with Gasteiger partial charge in [-0.1, -0.05) is 57.3 Å². The average molecular weight is 350 g/mol. The molecule has 0 aromatic carbocycles. The zero-order valence-electron chi connectivity index (χ0n) is 7.67. The van der Waals surface area contributed by atoms with Gasteiger partial charge in [0.2, 0.25) is 0 Å². The third kappa shape index (κ3) is 2.10. The van der Waals surface area contributed by atoms with E-state index in [0.717, 1.165) is 0 Å². The van der Waals surface area contributed by atoms with Crippen molar-refractivity contribution >= 4 is 49.4 Å². The van der Waals surface area contributed by atoms with Crippen LogP contribution >= 0.6 is 43.5 Å². The van der Waals surface area contributed by atoms with E-state index in [2.05, 4.69) is 31.9 Å². The van der Waals surface area contributed by atoms with Crippen molar-refractivity contribution in [3.05, 3.63) is 0 Å². The molecule has 3 nitrogen and oxygen atoms in total. The van der Waals surface area contributed by atoms with E-state index in [0.29, 0.717) is 0 Å². The van der Waals surface area contributed by atoms with E-state index in [1.807, 2.05) is 13.8 Å². The lowest BCUT2D eigenvalue weighted by atomic mass is 10.1. The molecule has 0 aliphatic heterocycles. The van der Waals surface area contributed by atoms with Gasteiger partial charge in [0.05, 0.1) is 12.0 Å². The van der Waals surface area contributed by atoms with E-state index in [-0.39, 0.29) is 5.92 Å². The van der Waals surface area contributed by atoms with Crippen LogP contribution in [0.5, 0.6) is 0 Å². The van der Waals surface area contributed by atoms with Gasteiger partial charge < -0.3 is 10.2 Å². The van der Waals surface area contributed by atoms with Crippen LogP contribution < -0.4 is 0 Å². The summed E-state index contributed by atoms with van der Waals surface area (Å²) in [4.78, 5) is 10.8. The van der Waals surface area contributed by atoms with Crippen LogP contribution in [-0.4, -0.2) is 25.0 Å². The van der Waals surface area contributed by atoms with Gasteiger partial charge in [0.15, 0.2) is 2.69 Å². The van der Waals surface area contributed by atoms with Crippen molar-refractivity contribution in [1.29, 1.82) is 0 Å². The van der Waals surface area contributed by atoms with Gasteiger partial charge in [0.25, 0.3) is 0 Å². The van der Waals surface area contributed by atoms with Gasteiger partial charge in [-0.05, 0) is 5.41 Å². The molecule has 0 bridgehead atoms. The Kier molecular flexibility index (Phi) is 3.29. The summed E-state index contributed by atoms with van der Waals surface area (Å²) < 4.78 is -1.15. The molecule has 1 rings (SSSR count). The summed E-state index contributed by atoms with van der Waals surface area (Å²) in [5, 5.41) is 18.7. The Hall–Kier alpha value is 0.680. The SMILES string of the molecule is CC1(C)C(C(=O)O)C1C(O)C(Cl)(Br)Br. The molecule has 0 saturated heterocycles. The standard InChI is InChI=1S/C8H11Br2ClO3/c1-7(2)3(4(7)6(13)14)5(12)8(9,10)11/h3-5,12H,1-2H3,(H,13,14). The van der Waals surface area contributed by atoms with Gasteiger partial charge in [-0.25, -0.2) is 0 Å². The molecule has 0 aromatic heterocycles. The van der Waals surface area contributed by atoms with Gasteiger partial charge in [0, 0.05) is 5.92 Å². The number of carboxylic acids is 1. The van der Waals surface area contributed by atoms with Crippen LogP contribution in [0.4, 0.5) is 0 Å². The smallest absolute Gasteiger partial charge is 0.307 e. The summed E-state index contributed by atoms with van der Waals surface area (Å²) in [7, 11) is 0. The number of hydrogen-bond acceptors (Lipinski definition) is 2. The predicted molar refractivity (Wildman–Crippen MR) is 60.8 cm³/mol. The number of halogens is 3. The fourth-order valence-corrected chi connectivity index (χ4v) is 2.65. The van der Waals surface area contributed by atoms with E-state index < -0.39 is 26.1 Å². The molecule has 0 amide bonds.